The van der Waals surface area contributed by atoms with Gasteiger partial charge in [0.25, 0.3) is 0 Å². The quantitative estimate of drug-likeness (QED) is 0.849. The minimum absolute atomic E-state index is 0.183. The van der Waals surface area contributed by atoms with E-state index in [1.165, 1.54) is 12.1 Å². The number of ether oxygens (including phenoxy) is 1. The van der Waals surface area contributed by atoms with Crippen molar-refractivity contribution in [3.05, 3.63) is 35.4 Å². The van der Waals surface area contributed by atoms with Crippen LogP contribution in [0, 0.1) is 11.6 Å². The molecule has 18 heavy (non-hydrogen) atoms. The lowest BCUT2D eigenvalue weighted by molar-refractivity contribution is 0.0283. The molecule has 1 aliphatic rings. The van der Waals surface area contributed by atoms with Gasteiger partial charge in [0.1, 0.15) is 11.6 Å². The van der Waals surface area contributed by atoms with Gasteiger partial charge in [0.15, 0.2) is 0 Å². The summed E-state index contributed by atoms with van der Waals surface area (Å²) in [5, 5.41) is 0. The van der Waals surface area contributed by atoms with Crippen molar-refractivity contribution in [1.29, 1.82) is 0 Å². The van der Waals surface area contributed by atoms with Crippen LogP contribution >= 0.6 is 12.2 Å². The Hall–Kier alpha value is -1.11. The van der Waals surface area contributed by atoms with E-state index in [9.17, 15) is 8.78 Å². The fourth-order valence-electron chi connectivity index (χ4n) is 2.09. The maximum absolute atomic E-state index is 13.8. The Morgan fingerprint density at radius 3 is 2.56 bits per heavy atom. The van der Waals surface area contributed by atoms with Crippen LogP contribution in [-0.2, 0) is 4.74 Å². The molecule has 0 radical (unpaired) electrons. The normalized spacial score (nSPS) is 18.6. The van der Waals surface area contributed by atoms with Gasteiger partial charge >= 0.3 is 0 Å². The molecule has 1 aliphatic heterocycles. The number of halogens is 2. The molecule has 0 saturated carbocycles. The number of thiocarbonyl (C=S) groups is 1. The van der Waals surface area contributed by atoms with E-state index in [0.717, 1.165) is 6.07 Å². The highest BCUT2D eigenvalue weighted by Gasteiger charge is 2.27. The van der Waals surface area contributed by atoms with E-state index >= 15 is 0 Å². The summed E-state index contributed by atoms with van der Waals surface area (Å²) in [5.41, 5.74) is 6.01. The second-order valence-electron chi connectivity index (χ2n) is 4.12. The predicted octanol–water partition coefficient (Wildman–Crippen LogP) is 1.62. The third-order valence-corrected chi connectivity index (χ3v) is 3.16. The first-order valence-corrected chi connectivity index (χ1v) is 6.06. The molecule has 0 aliphatic carbocycles. The lowest BCUT2D eigenvalue weighted by Gasteiger charge is -2.34. The number of hydrogen-bond acceptors (Lipinski definition) is 3. The third-order valence-electron chi connectivity index (χ3n) is 2.94. The zero-order valence-electron chi connectivity index (χ0n) is 9.73. The van der Waals surface area contributed by atoms with Crippen molar-refractivity contribution in [1.82, 2.24) is 4.90 Å². The zero-order valence-corrected chi connectivity index (χ0v) is 10.6. The van der Waals surface area contributed by atoms with Crippen LogP contribution in [0.2, 0.25) is 0 Å². The minimum Gasteiger partial charge on any atom is -0.392 e. The largest absolute Gasteiger partial charge is 0.392 e. The summed E-state index contributed by atoms with van der Waals surface area (Å²) in [4.78, 5) is 2.13. The second kappa shape index (κ2) is 5.69. The molecule has 0 amide bonds. The molecular formula is C12H14F2N2OS. The molecule has 2 N–H and O–H groups in total. The fourth-order valence-corrected chi connectivity index (χ4v) is 2.36. The van der Waals surface area contributed by atoms with E-state index in [2.05, 4.69) is 0 Å². The highest BCUT2D eigenvalue weighted by Crippen LogP contribution is 2.25. The van der Waals surface area contributed by atoms with E-state index in [1.54, 1.807) is 0 Å². The van der Waals surface area contributed by atoms with Gasteiger partial charge < -0.3 is 10.5 Å². The van der Waals surface area contributed by atoms with E-state index in [4.69, 9.17) is 22.7 Å². The van der Waals surface area contributed by atoms with Gasteiger partial charge in [0.05, 0.1) is 24.2 Å². The summed E-state index contributed by atoms with van der Waals surface area (Å²) < 4.78 is 32.0. The van der Waals surface area contributed by atoms with Crippen molar-refractivity contribution in [3.8, 4) is 0 Å². The van der Waals surface area contributed by atoms with E-state index < -0.39 is 17.7 Å². The predicted molar refractivity (Wildman–Crippen MR) is 68.3 cm³/mol. The maximum Gasteiger partial charge on any atom is 0.131 e. The lowest BCUT2D eigenvalue weighted by atomic mass is 10.0. The van der Waals surface area contributed by atoms with Gasteiger partial charge in [0, 0.05) is 24.7 Å². The van der Waals surface area contributed by atoms with Gasteiger partial charge in [-0.1, -0.05) is 18.3 Å². The van der Waals surface area contributed by atoms with Crippen LogP contribution < -0.4 is 5.73 Å². The Bertz CT molecular complexity index is 450. The number of nitrogens with two attached hydrogens (primary N) is 1. The van der Waals surface area contributed by atoms with Gasteiger partial charge in [-0.25, -0.2) is 8.78 Å². The molecule has 6 heteroatoms. The molecule has 1 aromatic carbocycles. The van der Waals surface area contributed by atoms with Crippen molar-refractivity contribution in [2.24, 2.45) is 5.73 Å². The number of morpholine rings is 1. The molecule has 1 fully saturated rings. The number of nitrogens with zero attached hydrogens (tertiary/aromatic N) is 1. The average molecular weight is 272 g/mol. The third kappa shape index (κ3) is 2.82. The summed E-state index contributed by atoms with van der Waals surface area (Å²) in [7, 11) is 0. The molecule has 98 valence electrons. The molecule has 1 atom stereocenters. The summed E-state index contributed by atoms with van der Waals surface area (Å²) >= 11 is 5.01. The molecule has 1 unspecified atom stereocenters. The van der Waals surface area contributed by atoms with E-state index in [1.807, 2.05) is 4.90 Å². The average Bonchev–Trinajstić information content (AvgIpc) is 2.33. The molecule has 0 spiro atoms. The second-order valence-corrected chi connectivity index (χ2v) is 4.59. The topological polar surface area (TPSA) is 38.5 Å². The molecule has 1 aromatic rings. The molecule has 0 aromatic heterocycles. The molecule has 0 bridgehead atoms. The summed E-state index contributed by atoms with van der Waals surface area (Å²) in [6.45, 7) is 2.36. The van der Waals surface area contributed by atoms with Gasteiger partial charge in [0.2, 0.25) is 0 Å². The smallest absolute Gasteiger partial charge is 0.131 e. The summed E-state index contributed by atoms with van der Waals surface area (Å²) in [6, 6.07) is 2.94. The standard InChI is InChI=1S/C12H14F2N2OS/c13-8-1-2-9(10(14)7-8)11(12(15)18)16-3-5-17-6-4-16/h1-2,7,11H,3-6H2,(H2,15,18). The lowest BCUT2D eigenvalue weighted by Crippen LogP contribution is -2.44. The summed E-state index contributed by atoms with van der Waals surface area (Å²) in [6.07, 6.45) is 0. The number of rotatable bonds is 3. The fraction of sp³-hybridized carbons (Fsp3) is 0.417. The zero-order chi connectivity index (χ0) is 13.1. The maximum atomic E-state index is 13.8. The Kier molecular flexibility index (Phi) is 4.21. The van der Waals surface area contributed by atoms with E-state index in [-0.39, 0.29) is 4.99 Å². The van der Waals surface area contributed by atoms with Gasteiger partial charge in [-0.3, -0.25) is 4.90 Å². The highest BCUT2D eigenvalue weighted by molar-refractivity contribution is 7.80. The van der Waals surface area contributed by atoms with Gasteiger partial charge in [-0.05, 0) is 6.07 Å². The van der Waals surface area contributed by atoms with Crippen LogP contribution in [0.25, 0.3) is 0 Å². The van der Waals surface area contributed by atoms with Crippen molar-refractivity contribution in [2.75, 3.05) is 26.3 Å². The van der Waals surface area contributed by atoms with Crippen LogP contribution in [0.1, 0.15) is 11.6 Å². The Labute approximate surface area is 110 Å². The first-order valence-electron chi connectivity index (χ1n) is 5.65. The minimum atomic E-state index is -0.626. The Morgan fingerprint density at radius 1 is 1.33 bits per heavy atom. The number of hydrogen-bond donors (Lipinski definition) is 1. The molecule has 3 nitrogen and oxygen atoms in total. The first-order chi connectivity index (χ1) is 8.59. The van der Waals surface area contributed by atoms with Crippen LogP contribution in [0.3, 0.4) is 0 Å². The molecular weight excluding hydrogens is 258 g/mol. The molecule has 1 saturated heterocycles. The SMILES string of the molecule is NC(=S)C(c1ccc(F)cc1F)N1CCOCC1. The summed E-state index contributed by atoms with van der Waals surface area (Å²) in [5.74, 6) is -1.24. The van der Waals surface area contributed by atoms with Crippen LogP contribution in [0.5, 0.6) is 0 Å². The van der Waals surface area contributed by atoms with Crippen LogP contribution in [0.15, 0.2) is 18.2 Å². The molecule has 2 rings (SSSR count). The number of benzene rings is 1. The Morgan fingerprint density at radius 2 is 2.00 bits per heavy atom. The van der Waals surface area contributed by atoms with E-state index in [0.29, 0.717) is 31.9 Å². The van der Waals surface area contributed by atoms with Crippen LogP contribution in [-0.4, -0.2) is 36.2 Å². The Balaban J connectivity index is 2.31. The van der Waals surface area contributed by atoms with Crippen molar-refractivity contribution < 1.29 is 13.5 Å². The van der Waals surface area contributed by atoms with Crippen molar-refractivity contribution >= 4 is 17.2 Å². The van der Waals surface area contributed by atoms with Crippen molar-refractivity contribution in [2.45, 2.75) is 6.04 Å². The van der Waals surface area contributed by atoms with Gasteiger partial charge in [-0.2, -0.15) is 0 Å². The van der Waals surface area contributed by atoms with Crippen LogP contribution in [0.4, 0.5) is 8.78 Å². The molecule has 1 heterocycles. The van der Waals surface area contributed by atoms with Gasteiger partial charge in [-0.15, -0.1) is 0 Å². The first kappa shape index (κ1) is 13.3. The monoisotopic (exact) mass is 272 g/mol. The van der Waals surface area contributed by atoms with Crippen molar-refractivity contribution in [3.63, 3.8) is 0 Å². The highest BCUT2D eigenvalue weighted by atomic mass is 32.1.